The number of carbonyl (C=O) groups is 1. The maximum Gasteiger partial charge on any atom is 0.244 e. The van der Waals surface area contributed by atoms with Gasteiger partial charge in [-0.15, -0.1) is 0 Å². The van der Waals surface area contributed by atoms with E-state index >= 15 is 0 Å². The predicted octanol–water partition coefficient (Wildman–Crippen LogP) is 2.00. The van der Waals surface area contributed by atoms with Crippen LogP contribution in [0.25, 0.3) is 0 Å². The number of hydrogen-bond acceptors (Lipinski definition) is 5. The molecule has 1 heterocycles. The van der Waals surface area contributed by atoms with Crippen molar-refractivity contribution in [1.82, 2.24) is 10.0 Å². The third kappa shape index (κ3) is 4.12. The predicted molar refractivity (Wildman–Crippen MR) is 102 cm³/mol. The fourth-order valence-corrected chi connectivity index (χ4v) is 5.70. The number of fused-ring (bicyclic) bond motifs is 1. The summed E-state index contributed by atoms with van der Waals surface area (Å²) in [6, 6.07) is 4.95. The summed E-state index contributed by atoms with van der Waals surface area (Å²) in [5, 5.41) is 6.32. The molecule has 3 unspecified atom stereocenters. The summed E-state index contributed by atoms with van der Waals surface area (Å²) in [5.41, 5.74) is 0.466. The molecule has 8 heteroatoms. The van der Waals surface area contributed by atoms with E-state index in [4.69, 9.17) is 4.74 Å². The SMILES string of the molecule is COc1ccc(NC(=O)C2CC3CCCCC3N2)cc1S(=O)(=O)NC1CC1. The molecule has 2 aliphatic carbocycles. The number of ether oxygens (including phenoxy) is 1. The zero-order chi connectivity index (χ0) is 19.0. The van der Waals surface area contributed by atoms with Gasteiger partial charge in [-0.1, -0.05) is 12.8 Å². The Bertz CT molecular complexity index is 808. The molecule has 1 aromatic carbocycles. The van der Waals surface area contributed by atoms with Crippen LogP contribution in [0.15, 0.2) is 23.1 Å². The average Bonchev–Trinajstić information content (AvgIpc) is 3.34. The molecule has 3 aliphatic rings. The van der Waals surface area contributed by atoms with E-state index in [1.54, 1.807) is 12.1 Å². The first-order chi connectivity index (χ1) is 13.0. The van der Waals surface area contributed by atoms with Gasteiger partial charge in [0.25, 0.3) is 0 Å². The van der Waals surface area contributed by atoms with Crippen molar-refractivity contribution < 1.29 is 17.9 Å². The number of methoxy groups -OCH3 is 1. The lowest BCUT2D eigenvalue weighted by atomic mass is 9.85. The van der Waals surface area contributed by atoms with Crippen molar-refractivity contribution >= 4 is 21.6 Å². The number of rotatable bonds is 6. The van der Waals surface area contributed by atoms with Gasteiger partial charge in [0.1, 0.15) is 10.6 Å². The van der Waals surface area contributed by atoms with Crippen molar-refractivity contribution in [2.75, 3.05) is 12.4 Å². The maximum absolute atomic E-state index is 12.7. The minimum absolute atomic E-state index is 0.00369. The molecular formula is C19H27N3O4S. The molecule has 27 heavy (non-hydrogen) atoms. The van der Waals surface area contributed by atoms with Crippen molar-refractivity contribution in [2.45, 2.75) is 68.0 Å². The second-order valence-corrected chi connectivity index (χ2v) is 9.54. The fourth-order valence-electron chi connectivity index (χ4n) is 4.20. The highest BCUT2D eigenvalue weighted by Gasteiger charge is 2.38. The quantitative estimate of drug-likeness (QED) is 0.687. The van der Waals surface area contributed by atoms with Crippen LogP contribution in [0, 0.1) is 5.92 Å². The summed E-state index contributed by atoms with van der Waals surface area (Å²) in [6.45, 7) is 0. The first-order valence-corrected chi connectivity index (χ1v) is 11.2. The smallest absolute Gasteiger partial charge is 0.244 e. The zero-order valence-corrected chi connectivity index (χ0v) is 16.3. The summed E-state index contributed by atoms with van der Waals surface area (Å²) < 4.78 is 33.1. The van der Waals surface area contributed by atoms with Crippen molar-refractivity contribution in [3.8, 4) is 5.75 Å². The highest BCUT2D eigenvalue weighted by molar-refractivity contribution is 7.89. The second-order valence-electron chi connectivity index (χ2n) is 7.86. The van der Waals surface area contributed by atoms with Crippen LogP contribution in [0.5, 0.6) is 5.75 Å². The normalized spacial score (nSPS) is 27.8. The Hall–Kier alpha value is -1.64. The van der Waals surface area contributed by atoms with E-state index in [2.05, 4.69) is 15.4 Å². The van der Waals surface area contributed by atoms with Crippen LogP contribution in [0.4, 0.5) is 5.69 Å². The number of amides is 1. The van der Waals surface area contributed by atoms with Gasteiger partial charge in [-0.25, -0.2) is 13.1 Å². The van der Waals surface area contributed by atoms with Crippen LogP contribution < -0.4 is 20.1 Å². The van der Waals surface area contributed by atoms with Gasteiger partial charge in [0.2, 0.25) is 15.9 Å². The van der Waals surface area contributed by atoms with Crippen LogP contribution in [0.2, 0.25) is 0 Å². The molecule has 0 spiro atoms. The Morgan fingerprint density at radius 3 is 2.67 bits per heavy atom. The van der Waals surface area contributed by atoms with Gasteiger partial charge in [-0.3, -0.25) is 4.79 Å². The molecular weight excluding hydrogens is 366 g/mol. The van der Waals surface area contributed by atoms with E-state index < -0.39 is 10.0 Å². The van der Waals surface area contributed by atoms with E-state index in [9.17, 15) is 13.2 Å². The molecule has 1 aromatic rings. The topological polar surface area (TPSA) is 96.5 Å². The molecule has 3 atom stereocenters. The molecule has 148 valence electrons. The van der Waals surface area contributed by atoms with E-state index in [1.165, 1.54) is 32.4 Å². The van der Waals surface area contributed by atoms with E-state index in [-0.39, 0.29) is 28.6 Å². The number of benzene rings is 1. The van der Waals surface area contributed by atoms with Gasteiger partial charge in [0.15, 0.2) is 0 Å². The Labute approximate surface area is 160 Å². The largest absolute Gasteiger partial charge is 0.495 e. The zero-order valence-electron chi connectivity index (χ0n) is 15.5. The highest BCUT2D eigenvalue weighted by Crippen LogP contribution is 2.34. The number of nitrogens with one attached hydrogen (secondary N) is 3. The van der Waals surface area contributed by atoms with E-state index in [1.807, 2.05) is 0 Å². The molecule has 3 N–H and O–H groups in total. The van der Waals surface area contributed by atoms with E-state index in [0.717, 1.165) is 25.7 Å². The van der Waals surface area contributed by atoms with Gasteiger partial charge in [-0.2, -0.15) is 0 Å². The summed E-state index contributed by atoms with van der Waals surface area (Å²) in [6.07, 6.45) is 7.33. The maximum atomic E-state index is 12.7. The van der Waals surface area contributed by atoms with Gasteiger partial charge in [0, 0.05) is 17.8 Å². The molecule has 7 nitrogen and oxygen atoms in total. The van der Waals surface area contributed by atoms with Crippen LogP contribution in [-0.4, -0.2) is 39.6 Å². The van der Waals surface area contributed by atoms with Gasteiger partial charge < -0.3 is 15.4 Å². The summed E-state index contributed by atoms with van der Waals surface area (Å²) in [4.78, 5) is 12.7. The molecule has 1 aliphatic heterocycles. The second kappa shape index (κ2) is 7.41. The first kappa shape index (κ1) is 18.7. The minimum atomic E-state index is -3.68. The lowest BCUT2D eigenvalue weighted by Crippen LogP contribution is -2.39. The Morgan fingerprint density at radius 2 is 1.96 bits per heavy atom. The minimum Gasteiger partial charge on any atom is -0.495 e. The molecule has 0 bridgehead atoms. The van der Waals surface area contributed by atoms with Crippen molar-refractivity contribution in [1.29, 1.82) is 0 Å². The van der Waals surface area contributed by atoms with Crippen LogP contribution in [0.3, 0.4) is 0 Å². The van der Waals surface area contributed by atoms with Crippen molar-refractivity contribution in [2.24, 2.45) is 5.92 Å². The molecule has 0 aromatic heterocycles. The molecule has 4 rings (SSSR count). The Balaban J connectivity index is 1.48. The Kier molecular flexibility index (Phi) is 5.13. The first-order valence-electron chi connectivity index (χ1n) is 9.73. The lowest BCUT2D eigenvalue weighted by Gasteiger charge is -2.24. The van der Waals surface area contributed by atoms with Gasteiger partial charge >= 0.3 is 0 Å². The molecule has 1 saturated heterocycles. The monoisotopic (exact) mass is 393 g/mol. The molecule has 1 amide bonds. The number of anilines is 1. The number of carbonyl (C=O) groups excluding carboxylic acids is 1. The summed E-state index contributed by atoms with van der Waals surface area (Å²) >= 11 is 0. The third-order valence-electron chi connectivity index (χ3n) is 5.80. The van der Waals surface area contributed by atoms with Crippen LogP contribution in [-0.2, 0) is 14.8 Å². The molecule has 3 fully saturated rings. The molecule has 2 saturated carbocycles. The van der Waals surface area contributed by atoms with Gasteiger partial charge in [-0.05, 0) is 56.2 Å². The fraction of sp³-hybridized carbons (Fsp3) is 0.632. The van der Waals surface area contributed by atoms with Crippen LogP contribution >= 0.6 is 0 Å². The molecule has 0 radical (unpaired) electrons. The summed E-state index contributed by atoms with van der Waals surface area (Å²) in [7, 11) is -2.24. The lowest BCUT2D eigenvalue weighted by molar-refractivity contribution is -0.117. The summed E-state index contributed by atoms with van der Waals surface area (Å²) in [5.74, 6) is 0.739. The Morgan fingerprint density at radius 1 is 1.19 bits per heavy atom. The van der Waals surface area contributed by atoms with Crippen LogP contribution in [0.1, 0.15) is 44.9 Å². The number of sulfonamides is 1. The average molecular weight is 394 g/mol. The highest BCUT2D eigenvalue weighted by atomic mass is 32.2. The van der Waals surface area contributed by atoms with Crippen molar-refractivity contribution in [3.63, 3.8) is 0 Å². The van der Waals surface area contributed by atoms with E-state index in [0.29, 0.717) is 17.6 Å². The standard InChI is InChI=1S/C19H27N3O4S/c1-26-17-9-8-14(11-18(17)27(24,25)22-13-6-7-13)20-19(23)16-10-12-4-2-3-5-15(12)21-16/h8-9,11-13,15-16,21-22H,2-7,10H2,1H3,(H,20,23). The van der Waals surface area contributed by atoms with Crippen molar-refractivity contribution in [3.05, 3.63) is 18.2 Å². The number of hydrogen-bond donors (Lipinski definition) is 3. The van der Waals surface area contributed by atoms with Gasteiger partial charge in [0.05, 0.1) is 13.2 Å². The third-order valence-corrected chi connectivity index (χ3v) is 7.34.